The number of hydrogen-bond acceptors (Lipinski definition) is 3. The Morgan fingerprint density at radius 3 is 2.74 bits per heavy atom. The quantitative estimate of drug-likeness (QED) is 0.648. The molecule has 1 aromatic carbocycles. The van der Waals surface area contributed by atoms with Crippen LogP contribution in [0.2, 0.25) is 0 Å². The van der Waals surface area contributed by atoms with Crippen LogP contribution in [0.25, 0.3) is 5.70 Å². The number of benzene rings is 1. The fourth-order valence-electron chi connectivity index (χ4n) is 2.70. The van der Waals surface area contributed by atoms with Crippen molar-refractivity contribution in [2.45, 2.75) is 44.6 Å². The third-order valence-corrected chi connectivity index (χ3v) is 4.36. The smallest absolute Gasteiger partial charge is 0.0591 e. The standard InChI is InChI=1S/C20H26N2O/c21-20(15-22-13-12-19-3-1-2-14-23-19)18-10-8-17(9-11-18)7-6-16-4-5-16/h8-11,15-16,19,22H,1-5,12-14,21H2/b20-15-. The zero-order valence-electron chi connectivity index (χ0n) is 13.7. The van der Waals surface area contributed by atoms with Crippen molar-refractivity contribution < 1.29 is 4.74 Å². The average Bonchev–Trinajstić information content (AvgIpc) is 3.42. The lowest BCUT2D eigenvalue weighted by Crippen LogP contribution is -2.23. The fourth-order valence-corrected chi connectivity index (χ4v) is 2.70. The van der Waals surface area contributed by atoms with Gasteiger partial charge in [-0.2, -0.15) is 0 Å². The SMILES string of the molecule is N/C(=C\NCCC1CCCCO1)c1ccc(C#CC2CC2)cc1. The van der Waals surface area contributed by atoms with Gasteiger partial charge < -0.3 is 15.8 Å². The van der Waals surface area contributed by atoms with Gasteiger partial charge in [-0.05, 0) is 56.2 Å². The van der Waals surface area contributed by atoms with Crippen LogP contribution in [0.3, 0.4) is 0 Å². The molecule has 1 saturated heterocycles. The van der Waals surface area contributed by atoms with Gasteiger partial charge in [-0.15, -0.1) is 0 Å². The molecule has 0 bridgehead atoms. The van der Waals surface area contributed by atoms with Crippen LogP contribution >= 0.6 is 0 Å². The van der Waals surface area contributed by atoms with E-state index in [1.807, 2.05) is 30.5 Å². The minimum atomic E-state index is 0.412. The summed E-state index contributed by atoms with van der Waals surface area (Å²) in [4.78, 5) is 0. The molecule has 1 saturated carbocycles. The van der Waals surface area contributed by atoms with Gasteiger partial charge in [0.1, 0.15) is 0 Å². The lowest BCUT2D eigenvalue weighted by Gasteiger charge is -2.22. The summed E-state index contributed by atoms with van der Waals surface area (Å²) >= 11 is 0. The van der Waals surface area contributed by atoms with Gasteiger partial charge in [-0.25, -0.2) is 0 Å². The van der Waals surface area contributed by atoms with E-state index in [2.05, 4.69) is 17.2 Å². The lowest BCUT2D eigenvalue weighted by atomic mass is 10.1. The highest BCUT2D eigenvalue weighted by Gasteiger charge is 2.17. The first-order valence-corrected chi connectivity index (χ1v) is 8.74. The molecule has 1 aliphatic carbocycles. The molecule has 3 nitrogen and oxygen atoms in total. The van der Waals surface area contributed by atoms with Crippen LogP contribution in [-0.2, 0) is 4.74 Å². The monoisotopic (exact) mass is 310 g/mol. The molecule has 0 spiro atoms. The largest absolute Gasteiger partial charge is 0.397 e. The normalized spacial score (nSPS) is 21.4. The minimum Gasteiger partial charge on any atom is -0.397 e. The molecule has 1 atom stereocenters. The van der Waals surface area contributed by atoms with Crippen molar-refractivity contribution in [2.75, 3.05) is 13.2 Å². The Morgan fingerprint density at radius 2 is 2.04 bits per heavy atom. The Labute approximate surface area is 139 Å². The Hall–Kier alpha value is -1.92. The Morgan fingerprint density at radius 1 is 1.22 bits per heavy atom. The molecule has 1 unspecified atom stereocenters. The Bertz CT molecular complexity index is 584. The minimum absolute atomic E-state index is 0.412. The third kappa shape index (κ3) is 5.33. The third-order valence-electron chi connectivity index (χ3n) is 4.36. The maximum atomic E-state index is 6.13. The van der Waals surface area contributed by atoms with Gasteiger partial charge in [0, 0.05) is 30.8 Å². The van der Waals surface area contributed by atoms with E-state index in [-0.39, 0.29) is 0 Å². The zero-order valence-corrected chi connectivity index (χ0v) is 13.7. The topological polar surface area (TPSA) is 47.3 Å². The van der Waals surface area contributed by atoms with Gasteiger partial charge in [0.05, 0.1) is 11.8 Å². The van der Waals surface area contributed by atoms with Crippen molar-refractivity contribution in [2.24, 2.45) is 11.7 Å². The van der Waals surface area contributed by atoms with E-state index in [1.165, 1.54) is 32.1 Å². The van der Waals surface area contributed by atoms with Gasteiger partial charge in [0.15, 0.2) is 0 Å². The van der Waals surface area contributed by atoms with E-state index < -0.39 is 0 Å². The summed E-state index contributed by atoms with van der Waals surface area (Å²) in [5.41, 5.74) is 8.98. The van der Waals surface area contributed by atoms with Crippen LogP contribution in [0.15, 0.2) is 30.5 Å². The molecule has 2 aliphatic rings. The number of nitrogens with two attached hydrogens (primary N) is 1. The summed E-state index contributed by atoms with van der Waals surface area (Å²) in [6.07, 6.45) is 9.56. The highest BCUT2D eigenvalue weighted by atomic mass is 16.5. The van der Waals surface area contributed by atoms with Crippen molar-refractivity contribution in [3.63, 3.8) is 0 Å². The molecule has 1 aromatic rings. The molecule has 3 N–H and O–H groups in total. The first-order chi connectivity index (χ1) is 11.3. The maximum absolute atomic E-state index is 6.13. The predicted octanol–water partition coefficient (Wildman–Crippen LogP) is 3.25. The highest BCUT2D eigenvalue weighted by molar-refractivity contribution is 5.63. The van der Waals surface area contributed by atoms with Gasteiger partial charge in [0.2, 0.25) is 0 Å². The molecule has 3 heteroatoms. The first-order valence-electron chi connectivity index (χ1n) is 8.74. The average molecular weight is 310 g/mol. The summed E-state index contributed by atoms with van der Waals surface area (Å²) in [6, 6.07) is 8.16. The van der Waals surface area contributed by atoms with Crippen molar-refractivity contribution in [1.29, 1.82) is 0 Å². The number of rotatable bonds is 5. The van der Waals surface area contributed by atoms with E-state index >= 15 is 0 Å². The summed E-state index contributed by atoms with van der Waals surface area (Å²) in [6.45, 7) is 1.81. The van der Waals surface area contributed by atoms with Crippen molar-refractivity contribution >= 4 is 5.70 Å². The van der Waals surface area contributed by atoms with Crippen LogP contribution in [0.4, 0.5) is 0 Å². The number of nitrogens with one attached hydrogen (secondary N) is 1. The van der Waals surface area contributed by atoms with Crippen LogP contribution in [0.5, 0.6) is 0 Å². The zero-order chi connectivity index (χ0) is 15.9. The molecular formula is C20H26N2O. The Kier molecular flexibility index (Phi) is 5.60. The molecule has 0 aromatic heterocycles. The lowest BCUT2D eigenvalue weighted by molar-refractivity contribution is 0.0120. The molecular weight excluding hydrogens is 284 g/mol. The van der Waals surface area contributed by atoms with Crippen LogP contribution in [-0.4, -0.2) is 19.3 Å². The second-order valence-electron chi connectivity index (χ2n) is 6.45. The van der Waals surface area contributed by atoms with Gasteiger partial charge in [0.25, 0.3) is 0 Å². The van der Waals surface area contributed by atoms with E-state index in [4.69, 9.17) is 10.5 Å². The Balaban J connectivity index is 1.44. The van der Waals surface area contributed by atoms with Gasteiger partial charge in [-0.3, -0.25) is 0 Å². The second kappa shape index (κ2) is 8.08. The van der Waals surface area contributed by atoms with Crippen molar-refractivity contribution in [3.8, 4) is 11.8 Å². The van der Waals surface area contributed by atoms with E-state index in [0.29, 0.717) is 12.0 Å². The molecule has 1 heterocycles. The van der Waals surface area contributed by atoms with E-state index in [9.17, 15) is 0 Å². The summed E-state index contributed by atoms with van der Waals surface area (Å²) in [5.74, 6) is 7.13. The highest BCUT2D eigenvalue weighted by Crippen LogP contribution is 2.27. The molecule has 2 fully saturated rings. The van der Waals surface area contributed by atoms with Gasteiger partial charge in [-0.1, -0.05) is 24.0 Å². The first kappa shape index (κ1) is 16.0. The van der Waals surface area contributed by atoms with Crippen molar-refractivity contribution in [1.82, 2.24) is 5.32 Å². The molecule has 1 aliphatic heterocycles. The summed E-state index contributed by atoms with van der Waals surface area (Å²) in [7, 11) is 0. The van der Waals surface area contributed by atoms with E-state index in [1.54, 1.807) is 0 Å². The maximum Gasteiger partial charge on any atom is 0.0591 e. The number of ether oxygens (including phenoxy) is 1. The summed E-state index contributed by atoms with van der Waals surface area (Å²) < 4.78 is 5.72. The molecule has 23 heavy (non-hydrogen) atoms. The fraction of sp³-hybridized carbons (Fsp3) is 0.500. The van der Waals surface area contributed by atoms with Crippen LogP contribution in [0.1, 0.15) is 49.7 Å². The number of hydrogen-bond donors (Lipinski definition) is 2. The molecule has 3 rings (SSSR count). The van der Waals surface area contributed by atoms with Crippen LogP contribution < -0.4 is 11.1 Å². The summed E-state index contributed by atoms with van der Waals surface area (Å²) in [5, 5.41) is 3.30. The molecule has 0 radical (unpaired) electrons. The second-order valence-corrected chi connectivity index (χ2v) is 6.45. The molecule has 122 valence electrons. The van der Waals surface area contributed by atoms with Gasteiger partial charge >= 0.3 is 0 Å². The van der Waals surface area contributed by atoms with Crippen molar-refractivity contribution in [3.05, 3.63) is 41.6 Å². The molecule has 0 amide bonds. The van der Waals surface area contributed by atoms with E-state index in [0.717, 1.165) is 36.4 Å². The predicted molar refractivity (Wildman–Crippen MR) is 94.4 cm³/mol. The van der Waals surface area contributed by atoms with Crippen LogP contribution in [0, 0.1) is 17.8 Å².